The fourth-order valence-corrected chi connectivity index (χ4v) is 9.11. The van der Waals surface area contributed by atoms with Gasteiger partial charge in [-0.15, -0.1) is 0 Å². The summed E-state index contributed by atoms with van der Waals surface area (Å²) in [6.45, 7) is 5.87. The Balaban J connectivity index is 1.05. The molecule has 0 aliphatic carbocycles. The van der Waals surface area contributed by atoms with Crippen LogP contribution >= 0.6 is 0 Å². The first-order valence-corrected chi connectivity index (χ1v) is 23.1. The predicted octanol–water partition coefficient (Wildman–Crippen LogP) is 15.8. The van der Waals surface area contributed by atoms with Crippen molar-refractivity contribution in [1.82, 2.24) is 15.0 Å². The lowest BCUT2D eigenvalue weighted by Crippen LogP contribution is -1.99. The van der Waals surface area contributed by atoms with Gasteiger partial charge in [-0.05, 0) is 159 Å². The van der Waals surface area contributed by atoms with Gasteiger partial charge in [0.25, 0.3) is 0 Å². The van der Waals surface area contributed by atoms with Gasteiger partial charge in [-0.25, -0.2) is 4.85 Å². The van der Waals surface area contributed by atoms with Crippen LogP contribution in [0.25, 0.3) is 83.1 Å². The van der Waals surface area contributed by atoms with E-state index in [0.29, 0.717) is 42.6 Å². The molecule has 3 heterocycles. The summed E-state index contributed by atoms with van der Waals surface area (Å²) in [4.78, 5) is 17.6. The van der Waals surface area contributed by atoms with Gasteiger partial charge in [0.2, 0.25) is 0 Å². The van der Waals surface area contributed by atoms with Crippen LogP contribution in [-0.2, 0) is 25.7 Å². The fraction of sp³-hybridized carbons (Fsp3) is 0.0781. The highest BCUT2D eigenvalue weighted by Gasteiger charge is 2.17. The Hall–Kier alpha value is -9.03. The second kappa shape index (κ2) is 20.2. The molecule has 0 saturated heterocycles. The molecule has 69 heavy (non-hydrogen) atoms. The molecule has 5 heteroatoms. The maximum absolute atomic E-state index is 10.3. The molecule has 0 spiro atoms. The quantitative estimate of drug-likeness (QED) is 0.108. The van der Waals surface area contributed by atoms with Crippen LogP contribution in [0.5, 0.6) is 0 Å². The summed E-state index contributed by atoms with van der Waals surface area (Å²) in [6.07, 6.45) is 7.72. The van der Waals surface area contributed by atoms with E-state index in [4.69, 9.17) is 10.7 Å². The van der Waals surface area contributed by atoms with Gasteiger partial charge in [0.1, 0.15) is 0 Å². The Labute approximate surface area is 408 Å². The van der Waals surface area contributed by atoms with E-state index in [0.717, 1.165) is 94.8 Å². The number of pyridine rings is 3. The van der Waals surface area contributed by atoms with E-state index in [1.807, 2.05) is 72.8 Å². The van der Waals surface area contributed by atoms with Crippen molar-refractivity contribution in [1.29, 1.82) is 5.26 Å². The molecule has 0 fully saturated rings. The predicted molar refractivity (Wildman–Crippen MR) is 281 cm³/mol. The van der Waals surface area contributed by atoms with Gasteiger partial charge in [0, 0.05) is 33.8 Å². The first kappa shape index (κ1) is 40.3. The Bertz CT molecular complexity index is 3490. The number of hydrogen-bond donors (Lipinski definition) is 0. The van der Waals surface area contributed by atoms with Crippen LogP contribution in [-0.4, -0.2) is 15.0 Å². The van der Waals surface area contributed by atoms with Crippen LogP contribution in [0.1, 0.15) is 37.5 Å². The third kappa shape index (κ3) is 9.91. The van der Waals surface area contributed by atoms with Crippen LogP contribution in [0, 0.1) is 24.8 Å². The molecule has 3 aromatic heterocycles. The van der Waals surface area contributed by atoms with E-state index < -0.39 is 6.85 Å². The molecule has 328 valence electrons. The molecule has 0 radical (unpaired) electrons. The lowest BCUT2D eigenvalue weighted by atomic mass is 9.86. The van der Waals surface area contributed by atoms with Crippen molar-refractivity contribution in [3.05, 3.63) is 264 Å². The first-order valence-electron chi connectivity index (χ1n) is 24.6. The SMILES string of the molecule is [2H]C([2H])([2H])c1ccc(-c2ccc(-c3ccccc3-c3cc(CCc4ccc(-c5ccccn5)cc4C#N)cc(CCc4ccc(-c5ccccn5)cc4[N+]#[C-])c3)c(-c3ccc(-c4ccccc4)cc3)c2)nc1. The zero-order chi connectivity index (χ0) is 49.4. The zero-order valence-corrected chi connectivity index (χ0v) is 37.8. The molecule has 5 nitrogen and oxygen atoms in total. The molecular formula is C64H47N5. The molecule has 0 amide bonds. The van der Waals surface area contributed by atoms with Gasteiger partial charge in [-0.3, -0.25) is 15.0 Å². The van der Waals surface area contributed by atoms with E-state index in [1.165, 1.54) is 6.20 Å². The zero-order valence-electron chi connectivity index (χ0n) is 40.8. The minimum atomic E-state index is -2.25. The molecule has 10 rings (SSSR count). The largest absolute Gasteiger partial charge is 0.256 e. The molecule has 10 aromatic rings. The van der Waals surface area contributed by atoms with Crippen LogP contribution in [0.2, 0.25) is 0 Å². The second-order valence-electron chi connectivity index (χ2n) is 17.1. The Morgan fingerprint density at radius 1 is 0.449 bits per heavy atom. The third-order valence-electron chi connectivity index (χ3n) is 12.7. The van der Waals surface area contributed by atoms with Crippen LogP contribution in [0.15, 0.2) is 219 Å². The molecule has 0 saturated carbocycles. The maximum atomic E-state index is 10.3. The van der Waals surface area contributed by atoms with Crippen molar-refractivity contribution >= 4 is 5.69 Å². The first-order chi connectivity index (χ1) is 35.2. The number of hydrogen-bond acceptors (Lipinski definition) is 4. The van der Waals surface area contributed by atoms with E-state index >= 15 is 0 Å². The van der Waals surface area contributed by atoms with Crippen molar-refractivity contribution in [2.75, 3.05) is 0 Å². The molecule has 0 unspecified atom stereocenters. The molecule has 0 aliphatic heterocycles. The third-order valence-corrected chi connectivity index (χ3v) is 12.7. The molecule has 0 aliphatic rings. The molecular weight excluding hydrogens is 839 g/mol. The number of rotatable bonds is 13. The smallest absolute Gasteiger partial charge is 0.191 e. The van der Waals surface area contributed by atoms with Gasteiger partial charge in [0.15, 0.2) is 5.69 Å². The van der Waals surface area contributed by atoms with E-state index in [9.17, 15) is 5.26 Å². The van der Waals surface area contributed by atoms with Crippen molar-refractivity contribution in [3.8, 4) is 84.3 Å². The summed E-state index contributed by atoms with van der Waals surface area (Å²) in [5, 5.41) is 10.3. The summed E-state index contributed by atoms with van der Waals surface area (Å²) in [7, 11) is 0. The number of benzene rings is 7. The van der Waals surface area contributed by atoms with Crippen molar-refractivity contribution in [2.45, 2.75) is 32.5 Å². The maximum Gasteiger partial charge on any atom is 0.191 e. The summed E-state index contributed by atoms with van der Waals surface area (Å²) >= 11 is 0. The van der Waals surface area contributed by atoms with E-state index in [2.05, 4.69) is 141 Å². The summed E-state index contributed by atoms with van der Waals surface area (Å²) in [6, 6.07) is 70.2. The number of nitriles is 1. The van der Waals surface area contributed by atoms with Crippen molar-refractivity contribution < 1.29 is 4.11 Å². The average molecular weight is 889 g/mol. The Morgan fingerprint density at radius 3 is 1.67 bits per heavy atom. The topological polar surface area (TPSA) is 66.8 Å². The fourth-order valence-electron chi connectivity index (χ4n) is 9.11. The molecule has 0 atom stereocenters. The van der Waals surface area contributed by atoms with Crippen LogP contribution in [0.3, 0.4) is 0 Å². The highest BCUT2D eigenvalue weighted by Crippen LogP contribution is 2.41. The van der Waals surface area contributed by atoms with Gasteiger partial charge in [-0.2, -0.15) is 5.26 Å². The minimum Gasteiger partial charge on any atom is -0.256 e. The summed E-state index contributed by atoms with van der Waals surface area (Å²) < 4.78 is 23.7. The monoisotopic (exact) mass is 888 g/mol. The molecule has 0 bridgehead atoms. The highest BCUT2D eigenvalue weighted by atomic mass is 14.7. The Morgan fingerprint density at radius 2 is 1.01 bits per heavy atom. The van der Waals surface area contributed by atoms with E-state index in [-0.39, 0.29) is 5.56 Å². The van der Waals surface area contributed by atoms with Gasteiger partial charge >= 0.3 is 0 Å². The highest BCUT2D eigenvalue weighted by molar-refractivity contribution is 5.94. The number of aromatic nitrogens is 3. The molecule has 7 aromatic carbocycles. The number of aryl methyl sites for hydroxylation is 5. The van der Waals surface area contributed by atoms with Gasteiger partial charge in [0.05, 0.1) is 35.3 Å². The van der Waals surface area contributed by atoms with Crippen LogP contribution in [0.4, 0.5) is 5.69 Å². The second-order valence-corrected chi connectivity index (χ2v) is 17.1. The van der Waals surface area contributed by atoms with Crippen molar-refractivity contribution in [2.24, 2.45) is 0 Å². The van der Waals surface area contributed by atoms with E-state index in [1.54, 1.807) is 24.5 Å². The summed E-state index contributed by atoms with van der Waals surface area (Å²) in [5.41, 5.74) is 19.2. The van der Waals surface area contributed by atoms with Gasteiger partial charge < -0.3 is 0 Å². The lowest BCUT2D eigenvalue weighted by molar-refractivity contribution is 0.931. The standard InChI is InChI=1S/C64H47N5/c1-44-18-33-63(69-43-44)53-31-32-59(60(40-53)50-26-23-48(24-27-50)47-12-4-3-5-13-47)58-15-7-6-14-57(58)55-37-45(19-21-49-25-29-52(39-56(49)42-65)61-16-8-10-34-67-61)36-46(38-55)20-22-51-28-30-54(41-64(51)66-2)62-17-9-11-35-68-62/h3-18,23-41,43H,19-22H2,1H3/i1D3. The minimum absolute atomic E-state index is 0.199. The molecule has 0 N–H and O–H groups in total. The normalized spacial score (nSPS) is 11.7. The number of nitrogens with zero attached hydrogens (tertiary/aromatic N) is 5. The Kier molecular flexibility index (Phi) is 11.8. The van der Waals surface area contributed by atoms with Crippen LogP contribution < -0.4 is 0 Å². The summed E-state index contributed by atoms with van der Waals surface area (Å²) in [5.74, 6) is 0. The average Bonchev–Trinajstić information content (AvgIpc) is 3.44. The van der Waals surface area contributed by atoms with Crippen molar-refractivity contribution in [3.63, 3.8) is 0 Å². The lowest BCUT2D eigenvalue weighted by Gasteiger charge is -2.18. The van der Waals surface area contributed by atoms with Gasteiger partial charge in [-0.1, -0.05) is 152 Å².